The Bertz CT molecular complexity index is 297. The van der Waals surface area contributed by atoms with E-state index in [0.29, 0.717) is 10.3 Å². The predicted octanol–water partition coefficient (Wildman–Crippen LogP) is 1.89. The van der Waals surface area contributed by atoms with Crippen LogP contribution in [0.2, 0.25) is 0 Å². The predicted molar refractivity (Wildman–Crippen MR) is 56.7 cm³/mol. The van der Waals surface area contributed by atoms with Gasteiger partial charge in [-0.15, -0.1) is 0 Å². The fourth-order valence-corrected chi connectivity index (χ4v) is 1.47. The van der Waals surface area contributed by atoms with Crippen molar-refractivity contribution >= 4 is 28.4 Å². The molecule has 0 saturated heterocycles. The van der Waals surface area contributed by atoms with E-state index >= 15 is 0 Å². The normalized spacial score (nSPS) is 18.1. The first-order chi connectivity index (χ1) is 5.91. The van der Waals surface area contributed by atoms with Crippen LogP contribution in [0.5, 0.6) is 0 Å². The largest absolute Gasteiger partial charge is 0.365 e. The molecule has 0 aromatic heterocycles. The molecule has 0 fully saturated rings. The molecule has 0 aliphatic carbocycles. The molecule has 0 spiro atoms. The van der Waals surface area contributed by atoms with Crippen LogP contribution in [0.4, 0.5) is 0 Å². The lowest BCUT2D eigenvalue weighted by Crippen LogP contribution is -2.37. The Hall–Kier alpha value is -0.510. The molecule has 0 atom stereocenters. The van der Waals surface area contributed by atoms with Gasteiger partial charge in [0.05, 0.1) is 0 Å². The van der Waals surface area contributed by atoms with Gasteiger partial charge in [-0.25, -0.2) is 4.99 Å². The molecule has 0 bridgehead atoms. The molecule has 1 aliphatic heterocycles. The number of nitrogens with two attached hydrogens (primary N) is 1. The number of rotatable bonds is 1. The lowest BCUT2D eigenvalue weighted by Gasteiger charge is -2.20. The minimum absolute atomic E-state index is 0.306. The van der Waals surface area contributed by atoms with E-state index in [1.54, 1.807) is 12.4 Å². The first-order valence-electron chi connectivity index (χ1n) is 3.77. The Labute approximate surface area is 87.3 Å². The lowest BCUT2D eigenvalue weighted by atomic mass is 9.97. The van der Waals surface area contributed by atoms with E-state index in [4.69, 9.17) is 28.9 Å². The number of halogens is 2. The third kappa shape index (κ3) is 2.72. The Morgan fingerprint density at radius 1 is 1.38 bits per heavy atom. The summed E-state index contributed by atoms with van der Waals surface area (Å²) >= 11 is 11.6. The first kappa shape index (κ1) is 10.6. The number of hydrogen-bond donors (Lipinski definition) is 2. The Morgan fingerprint density at radius 3 is 2.54 bits per heavy atom. The molecule has 3 nitrogen and oxygen atoms in total. The molecule has 0 unspecified atom stereocenters. The van der Waals surface area contributed by atoms with Crippen molar-refractivity contribution in [2.24, 2.45) is 10.7 Å². The van der Waals surface area contributed by atoms with Crippen LogP contribution in [0.15, 0.2) is 28.1 Å². The van der Waals surface area contributed by atoms with Crippen molar-refractivity contribution in [1.29, 1.82) is 0 Å². The second kappa shape index (κ2) is 3.70. The monoisotopic (exact) mass is 219 g/mol. The number of nitrogens with one attached hydrogen (secondary N) is 1. The van der Waals surface area contributed by atoms with E-state index in [1.807, 2.05) is 13.8 Å². The van der Waals surface area contributed by atoms with Gasteiger partial charge in [-0.2, -0.15) is 0 Å². The van der Waals surface area contributed by atoms with Crippen LogP contribution < -0.4 is 11.1 Å². The molecular formula is C8H11Cl2N3. The maximum absolute atomic E-state index is 5.90. The summed E-state index contributed by atoms with van der Waals surface area (Å²) in [5.74, 6) is 0. The van der Waals surface area contributed by atoms with Crippen molar-refractivity contribution in [3.63, 3.8) is 0 Å². The Balaban J connectivity index is 3.03. The van der Waals surface area contributed by atoms with Crippen LogP contribution in [-0.2, 0) is 0 Å². The maximum atomic E-state index is 5.90. The second-order valence-electron chi connectivity index (χ2n) is 3.32. The molecule has 72 valence electrons. The molecule has 3 N–H and O–H groups in total. The van der Waals surface area contributed by atoms with Gasteiger partial charge < -0.3 is 11.1 Å². The first-order valence-corrected chi connectivity index (χ1v) is 4.52. The third-order valence-corrected chi connectivity index (χ3v) is 2.03. The van der Waals surface area contributed by atoms with E-state index in [1.165, 1.54) is 0 Å². The minimum Gasteiger partial charge on any atom is -0.365 e. The van der Waals surface area contributed by atoms with E-state index < -0.39 is 5.54 Å². The van der Waals surface area contributed by atoms with Gasteiger partial charge in [0.25, 0.3) is 0 Å². The summed E-state index contributed by atoms with van der Waals surface area (Å²) in [6.45, 7) is 3.69. The number of nitrogens with zero attached hydrogens (tertiary/aromatic N) is 1. The highest BCUT2D eigenvalue weighted by molar-refractivity contribution is 6.70. The van der Waals surface area contributed by atoms with E-state index in [9.17, 15) is 0 Å². The van der Waals surface area contributed by atoms with Gasteiger partial charge >= 0.3 is 0 Å². The van der Waals surface area contributed by atoms with Gasteiger partial charge in [-0.3, -0.25) is 0 Å². The molecule has 0 aromatic carbocycles. The summed E-state index contributed by atoms with van der Waals surface area (Å²) < 4.78 is 0. The Kier molecular flexibility index (Phi) is 3.01. The zero-order chi connectivity index (χ0) is 10.1. The van der Waals surface area contributed by atoms with Gasteiger partial charge in [-0.05, 0) is 13.8 Å². The van der Waals surface area contributed by atoms with Gasteiger partial charge in [0.15, 0.2) is 0 Å². The molecule has 0 aromatic rings. The van der Waals surface area contributed by atoms with Crippen LogP contribution >= 0.6 is 23.2 Å². The molecule has 1 heterocycles. The van der Waals surface area contributed by atoms with Crippen molar-refractivity contribution in [1.82, 2.24) is 5.32 Å². The zero-order valence-electron chi connectivity index (χ0n) is 7.44. The highest BCUT2D eigenvalue weighted by Gasteiger charge is 2.22. The standard InChI is InChI=1S/C8H11Cl2N3/c1-8(2,11)5-3-12-4-6(9)13-7(5)10/h3-4,12H,11H2,1-2H3. The summed E-state index contributed by atoms with van der Waals surface area (Å²) in [7, 11) is 0. The van der Waals surface area contributed by atoms with Gasteiger partial charge in [-0.1, -0.05) is 23.2 Å². The molecule has 0 amide bonds. The van der Waals surface area contributed by atoms with Crippen LogP contribution in [0.3, 0.4) is 0 Å². The fourth-order valence-electron chi connectivity index (χ4n) is 0.891. The molecular weight excluding hydrogens is 209 g/mol. The highest BCUT2D eigenvalue weighted by Crippen LogP contribution is 2.20. The fraction of sp³-hybridized carbons (Fsp3) is 0.375. The maximum Gasteiger partial charge on any atom is 0.146 e. The SMILES string of the molecule is CC(C)(N)C1=CNC=C(Cl)N=C1Cl. The lowest BCUT2D eigenvalue weighted by molar-refractivity contribution is 0.632. The van der Waals surface area contributed by atoms with Gasteiger partial charge in [0.2, 0.25) is 0 Å². The van der Waals surface area contributed by atoms with Crippen molar-refractivity contribution < 1.29 is 0 Å². The van der Waals surface area contributed by atoms with Gasteiger partial charge in [0, 0.05) is 23.5 Å². The number of aliphatic imine (C=N–C) groups is 1. The number of hydrogen-bond acceptors (Lipinski definition) is 3. The van der Waals surface area contributed by atoms with Crippen molar-refractivity contribution in [3.05, 3.63) is 23.1 Å². The molecule has 0 radical (unpaired) electrons. The average Bonchev–Trinajstić information content (AvgIpc) is 2.08. The third-order valence-electron chi connectivity index (χ3n) is 1.55. The van der Waals surface area contributed by atoms with Crippen molar-refractivity contribution in [3.8, 4) is 0 Å². The molecule has 0 saturated carbocycles. The van der Waals surface area contributed by atoms with Gasteiger partial charge in [0.1, 0.15) is 10.3 Å². The minimum atomic E-state index is -0.539. The van der Waals surface area contributed by atoms with Crippen LogP contribution in [0.1, 0.15) is 13.8 Å². The van der Waals surface area contributed by atoms with Crippen LogP contribution in [-0.4, -0.2) is 10.7 Å². The average molecular weight is 220 g/mol. The second-order valence-corrected chi connectivity index (χ2v) is 4.06. The summed E-state index contributed by atoms with van der Waals surface area (Å²) in [6.07, 6.45) is 3.24. The summed E-state index contributed by atoms with van der Waals surface area (Å²) in [5.41, 5.74) is 6.06. The molecule has 1 aliphatic rings. The van der Waals surface area contributed by atoms with Crippen LogP contribution in [0, 0.1) is 0 Å². The topological polar surface area (TPSA) is 50.4 Å². The molecule has 13 heavy (non-hydrogen) atoms. The Morgan fingerprint density at radius 2 is 2.00 bits per heavy atom. The smallest absolute Gasteiger partial charge is 0.146 e. The molecule has 5 heteroatoms. The van der Waals surface area contributed by atoms with Crippen LogP contribution in [0.25, 0.3) is 0 Å². The molecule has 1 rings (SSSR count). The van der Waals surface area contributed by atoms with E-state index in [2.05, 4.69) is 10.3 Å². The van der Waals surface area contributed by atoms with E-state index in [0.717, 1.165) is 5.57 Å². The summed E-state index contributed by atoms with van der Waals surface area (Å²) in [6, 6.07) is 0. The summed E-state index contributed by atoms with van der Waals surface area (Å²) in [5, 5.41) is 3.47. The summed E-state index contributed by atoms with van der Waals surface area (Å²) in [4.78, 5) is 3.92. The van der Waals surface area contributed by atoms with Crippen molar-refractivity contribution in [2.75, 3.05) is 0 Å². The van der Waals surface area contributed by atoms with E-state index in [-0.39, 0.29) is 0 Å². The van der Waals surface area contributed by atoms with Crippen molar-refractivity contribution in [2.45, 2.75) is 19.4 Å². The highest BCUT2D eigenvalue weighted by atomic mass is 35.5. The quantitative estimate of drug-likeness (QED) is 0.663. The zero-order valence-corrected chi connectivity index (χ0v) is 8.95.